The van der Waals surface area contributed by atoms with Crippen LogP contribution in [-0.2, 0) is 21.1 Å². The van der Waals surface area contributed by atoms with Crippen LogP contribution in [0, 0.1) is 5.92 Å². The number of aliphatic imine (C=N–C) groups is 1. The molecule has 1 aromatic rings. The molecule has 2 rings (SSSR count). The van der Waals surface area contributed by atoms with E-state index in [9.17, 15) is 13.2 Å². The molecule has 1 aromatic carbocycles. The van der Waals surface area contributed by atoms with Crippen molar-refractivity contribution < 1.29 is 13.2 Å². The summed E-state index contributed by atoms with van der Waals surface area (Å²) in [5.41, 5.74) is 1.05. The second-order valence-corrected chi connectivity index (χ2v) is 9.31. The lowest BCUT2D eigenvalue weighted by atomic mass is 10.0. The summed E-state index contributed by atoms with van der Waals surface area (Å²) < 4.78 is 23.0. The number of hydrogen-bond acceptors (Lipinski definition) is 4. The van der Waals surface area contributed by atoms with Crippen LogP contribution in [0.4, 0.5) is 0 Å². The van der Waals surface area contributed by atoms with Crippen molar-refractivity contribution in [3.63, 3.8) is 0 Å². The van der Waals surface area contributed by atoms with E-state index in [-0.39, 0.29) is 5.91 Å². The van der Waals surface area contributed by atoms with E-state index in [0.29, 0.717) is 42.8 Å². The highest BCUT2D eigenvalue weighted by Gasteiger charge is 2.17. The van der Waals surface area contributed by atoms with Gasteiger partial charge < -0.3 is 16.0 Å². The molecule has 1 aliphatic rings. The van der Waals surface area contributed by atoms with Crippen molar-refractivity contribution in [2.24, 2.45) is 10.9 Å². The Bertz CT molecular complexity index is 754. The number of nitrogens with zero attached hydrogens (tertiary/aromatic N) is 1. The lowest BCUT2D eigenvalue weighted by Crippen LogP contribution is -2.42. The van der Waals surface area contributed by atoms with Crippen LogP contribution in [0.2, 0.25) is 0 Å². The third-order valence-electron chi connectivity index (χ3n) is 4.97. The first kappa shape index (κ1) is 22.2. The number of carbonyl (C=O) groups excluding carboxylic acids is 1. The molecule has 28 heavy (non-hydrogen) atoms. The van der Waals surface area contributed by atoms with Gasteiger partial charge in [0.05, 0.1) is 4.90 Å². The summed E-state index contributed by atoms with van der Waals surface area (Å²) in [6.45, 7) is 1.85. The molecule has 1 fully saturated rings. The van der Waals surface area contributed by atoms with Crippen molar-refractivity contribution in [1.82, 2.24) is 16.0 Å². The Balaban J connectivity index is 1.61. The topological polar surface area (TPSA) is 99.7 Å². The quantitative estimate of drug-likeness (QED) is 0.327. The number of amides is 1. The van der Waals surface area contributed by atoms with E-state index in [2.05, 4.69) is 20.9 Å². The molecule has 7 nitrogen and oxygen atoms in total. The van der Waals surface area contributed by atoms with Gasteiger partial charge in [-0.25, -0.2) is 8.42 Å². The first-order valence-corrected chi connectivity index (χ1v) is 11.8. The summed E-state index contributed by atoms with van der Waals surface area (Å²) >= 11 is 0. The van der Waals surface area contributed by atoms with Crippen molar-refractivity contribution in [2.45, 2.75) is 43.4 Å². The van der Waals surface area contributed by atoms with Gasteiger partial charge in [-0.2, -0.15) is 0 Å². The standard InChI is InChI=1S/C20H32N4O3S/c1-21-20(24-14-13-22-19(25)15-17-5-3-4-6-17)23-12-11-16-7-9-18(10-8-16)28(2,26)27/h7-10,17H,3-6,11-15H2,1-2H3,(H,22,25)(H2,21,23,24). The van der Waals surface area contributed by atoms with Crippen LogP contribution in [0.15, 0.2) is 34.2 Å². The number of guanidine groups is 1. The first-order valence-electron chi connectivity index (χ1n) is 9.88. The maximum Gasteiger partial charge on any atom is 0.220 e. The minimum atomic E-state index is -3.16. The van der Waals surface area contributed by atoms with Crippen LogP contribution >= 0.6 is 0 Å². The minimum absolute atomic E-state index is 0.134. The average Bonchev–Trinajstić information content (AvgIpc) is 3.16. The van der Waals surface area contributed by atoms with Crippen molar-refractivity contribution >= 4 is 21.7 Å². The Morgan fingerprint density at radius 1 is 1.04 bits per heavy atom. The minimum Gasteiger partial charge on any atom is -0.356 e. The summed E-state index contributed by atoms with van der Waals surface area (Å²) in [5, 5.41) is 9.35. The van der Waals surface area contributed by atoms with E-state index < -0.39 is 9.84 Å². The Hall–Kier alpha value is -2.09. The van der Waals surface area contributed by atoms with Crippen molar-refractivity contribution in [1.29, 1.82) is 0 Å². The van der Waals surface area contributed by atoms with E-state index in [1.807, 2.05) is 12.1 Å². The number of rotatable bonds is 9. The fourth-order valence-corrected chi connectivity index (χ4v) is 4.01. The van der Waals surface area contributed by atoms with Gasteiger partial charge in [0.1, 0.15) is 0 Å². The van der Waals surface area contributed by atoms with Gasteiger partial charge in [-0.05, 0) is 42.9 Å². The Kier molecular flexibility index (Phi) is 8.76. The predicted molar refractivity (Wildman–Crippen MR) is 112 cm³/mol. The molecule has 0 bridgehead atoms. The average molecular weight is 409 g/mol. The molecule has 8 heteroatoms. The molecular weight excluding hydrogens is 376 g/mol. The van der Waals surface area contributed by atoms with Gasteiger partial charge in [0.25, 0.3) is 0 Å². The molecule has 1 amide bonds. The zero-order chi connectivity index (χ0) is 20.4. The molecule has 0 unspecified atom stereocenters. The third kappa shape index (κ3) is 7.88. The van der Waals surface area contributed by atoms with Gasteiger partial charge in [0.15, 0.2) is 15.8 Å². The third-order valence-corrected chi connectivity index (χ3v) is 6.10. The summed E-state index contributed by atoms with van der Waals surface area (Å²) in [6.07, 6.45) is 7.47. The van der Waals surface area contributed by atoms with Crippen LogP contribution in [0.5, 0.6) is 0 Å². The number of benzene rings is 1. The Morgan fingerprint density at radius 2 is 1.64 bits per heavy atom. The van der Waals surface area contributed by atoms with Gasteiger partial charge in [-0.3, -0.25) is 9.79 Å². The van der Waals surface area contributed by atoms with Crippen LogP contribution in [0.3, 0.4) is 0 Å². The van der Waals surface area contributed by atoms with Gasteiger partial charge in [-0.1, -0.05) is 25.0 Å². The number of carbonyl (C=O) groups is 1. The largest absolute Gasteiger partial charge is 0.356 e. The first-order chi connectivity index (χ1) is 13.4. The molecule has 0 saturated heterocycles. The molecular formula is C20H32N4O3S. The fourth-order valence-electron chi connectivity index (χ4n) is 3.38. The maximum atomic E-state index is 11.9. The van der Waals surface area contributed by atoms with Crippen LogP contribution in [0.1, 0.15) is 37.7 Å². The van der Waals surface area contributed by atoms with E-state index in [1.165, 1.54) is 31.9 Å². The molecule has 3 N–H and O–H groups in total. The van der Waals surface area contributed by atoms with Gasteiger partial charge in [0.2, 0.25) is 5.91 Å². The van der Waals surface area contributed by atoms with Crippen molar-refractivity contribution in [3.8, 4) is 0 Å². The smallest absolute Gasteiger partial charge is 0.220 e. The highest BCUT2D eigenvalue weighted by molar-refractivity contribution is 7.90. The zero-order valence-electron chi connectivity index (χ0n) is 16.8. The fraction of sp³-hybridized carbons (Fsp3) is 0.600. The second-order valence-electron chi connectivity index (χ2n) is 7.30. The van der Waals surface area contributed by atoms with Crippen molar-refractivity contribution in [3.05, 3.63) is 29.8 Å². The van der Waals surface area contributed by atoms with Crippen molar-refractivity contribution in [2.75, 3.05) is 32.9 Å². The van der Waals surface area contributed by atoms with Gasteiger partial charge in [0, 0.05) is 39.4 Å². The molecule has 0 heterocycles. The number of sulfone groups is 1. The molecule has 0 atom stereocenters. The molecule has 0 aliphatic heterocycles. The van der Waals surface area contributed by atoms with Gasteiger partial charge in [-0.15, -0.1) is 0 Å². The van der Waals surface area contributed by atoms with E-state index in [4.69, 9.17) is 0 Å². The van der Waals surface area contributed by atoms with E-state index in [1.54, 1.807) is 19.2 Å². The normalized spacial score (nSPS) is 15.4. The Labute approximate surface area is 168 Å². The van der Waals surface area contributed by atoms with Crippen LogP contribution < -0.4 is 16.0 Å². The number of nitrogens with one attached hydrogen (secondary N) is 3. The summed E-state index contributed by atoms with van der Waals surface area (Å²) in [6, 6.07) is 6.92. The maximum absolute atomic E-state index is 11.9. The van der Waals surface area contributed by atoms with E-state index in [0.717, 1.165) is 12.0 Å². The molecule has 1 saturated carbocycles. The molecule has 156 valence electrons. The number of hydrogen-bond donors (Lipinski definition) is 3. The van der Waals surface area contributed by atoms with Gasteiger partial charge >= 0.3 is 0 Å². The lowest BCUT2D eigenvalue weighted by molar-refractivity contribution is -0.121. The monoisotopic (exact) mass is 408 g/mol. The molecule has 0 aromatic heterocycles. The second kappa shape index (κ2) is 11.0. The predicted octanol–water partition coefficient (Wildman–Crippen LogP) is 1.49. The SMILES string of the molecule is CN=C(NCCNC(=O)CC1CCCC1)NCCc1ccc(S(C)(=O)=O)cc1. The highest BCUT2D eigenvalue weighted by atomic mass is 32.2. The molecule has 1 aliphatic carbocycles. The highest BCUT2D eigenvalue weighted by Crippen LogP contribution is 2.27. The van der Waals surface area contributed by atoms with Crippen LogP contribution in [-0.4, -0.2) is 53.2 Å². The Morgan fingerprint density at radius 3 is 2.25 bits per heavy atom. The zero-order valence-corrected chi connectivity index (χ0v) is 17.6. The summed E-state index contributed by atoms with van der Waals surface area (Å²) in [5.74, 6) is 1.38. The molecule has 0 radical (unpaired) electrons. The molecule has 0 spiro atoms. The summed E-state index contributed by atoms with van der Waals surface area (Å²) in [7, 11) is -1.45. The summed E-state index contributed by atoms with van der Waals surface area (Å²) in [4.78, 5) is 16.4. The van der Waals surface area contributed by atoms with Crippen LogP contribution in [0.25, 0.3) is 0 Å². The van der Waals surface area contributed by atoms with E-state index >= 15 is 0 Å². The lowest BCUT2D eigenvalue weighted by Gasteiger charge is -2.13.